The molecule has 5 rings (SSSR count). The van der Waals surface area contributed by atoms with Gasteiger partial charge in [-0.1, -0.05) is 35.9 Å². The van der Waals surface area contributed by atoms with Crippen molar-refractivity contribution in [2.45, 2.75) is 6.54 Å². The van der Waals surface area contributed by atoms with E-state index >= 15 is 0 Å². The molecule has 31 heavy (non-hydrogen) atoms. The average Bonchev–Trinajstić information content (AvgIpc) is 2.97. The van der Waals surface area contributed by atoms with Crippen molar-refractivity contribution in [1.29, 1.82) is 0 Å². The minimum Gasteiger partial charge on any atom is -0.497 e. The largest absolute Gasteiger partial charge is 0.497 e. The SMILES string of the molecule is COc1ccc(CN2CCN(C3=Nc4cc(Cl)ccc4Nc4ccccc43)CC2)cc1. The fraction of sp³-hybridized carbons (Fsp3) is 0.240. The van der Waals surface area contributed by atoms with Crippen LogP contribution in [0.25, 0.3) is 0 Å². The number of rotatable bonds is 3. The van der Waals surface area contributed by atoms with Crippen LogP contribution in [0.1, 0.15) is 11.1 Å². The van der Waals surface area contributed by atoms with Gasteiger partial charge in [0.05, 0.1) is 18.5 Å². The smallest absolute Gasteiger partial charge is 0.138 e. The van der Waals surface area contributed by atoms with Crippen molar-refractivity contribution >= 4 is 34.5 Å². The lowest BCUT2D eigenvalue weighted by Gasteiger charge is -2.36. The number of hydrogen-bond acceptors (Lipinski definition) is 5. The predicted molar refractivity (Wildman–Crippen MR) is 127 cm³/mol. The van der Waals surface area contributed by atoms with Crippen LogP contribution < -0.4 is 10.1 Å². The van der Waals surface area contributed by atoms with Crippen LogP contribution in [0.4, 0.5) is 17.1 Å². The van der Waals surface area contributed by atoms with E-state index in [-0.39, 0.29) is 0 Å². The predicted octanol–water partition coefficient (Wildman–Crippen LogP) is 5.30. The third kappa shape index (κ3) is 4.24. The first-order valence-electron chi connectivity index (χ1n) is 10.5. The Morgan fingerprint density at radius 1 is 0.935 bits per heavy atom. The van der Waals surface area contributed by atoms with Crippen LogP contribution in [0, 0.1) is 0 Å². The first-order valence-corrected chi connectivity index (χ1v) is 10.9. The molecule has 0 spiro atoms. The summed E-state index contributed by atoms with van der Waals surface area (Å²) in [6.45, 7) is 4.78. The second-order valence-electron chi connectivity index (χ2n) is 7.88. The molecule has 158 valence electrons. The van der Waals surface area contributed by atoms with Crippen LogP contribution >= 0.6 is 11.6 Å². The van der Waals surface area contributed by atoms with Gasteiger partial charge in [0.25, 0.3) is 0 Å². The van der Waals surface area contributed by atoms with Gasteiger partial charge in [0.1, 0.15) is 11.6 Å². The van der Waals surface area contributed by atoms with Gasteiger partial charge in [-0.05, 0) is 48.0 Å². The van der Waals surface area contributed by atoms with Gasteiger partial charge >= 0.3 is 0 Å². The number of piperazine rings is 1. The maximum atomic E-state index is 6.26. The second kappa shape index (κ2) is 8.61. The van der Waals surface area contributed by atoms with Crippen LogP contribution in [0.2, 0.25) is 5.02 Å². The minimum absolute atomic E-state index is 0.693. The number of amidine groups is 1. The van der Waals surface area contributed by atoms with Crippen LogP contribution in [-0.4, -0.2) is 48.9 Å². The third-order valence-corrected chi connectivity index (χ3v) is 6.10. The Hall–Kier alpha value is -3.02. The van der Waals surface area contributed by atoms with E-state index in [1.54, 1.807) is 7.11 Å². The number of aliphatic imine (C=N–C) groups is 1. The van der Waals surface area contributed by atoms with Gasteiger partial charge in [-0.3, -0.25) is 4.90 Å². The number of nitrogens with one attached hydrogen (secondary N) is 1. The average molecular weight is 433 g/mol. The topological polar surface area (TPSA) is 40.1 Å². The summed E-state index contributed by atoms with van der Waals surface area (Å²) < 4.78 is 5.26. The summed E-state index contributed by atoms with van der Waals surface area (Å²) in [6, 6.07) is 22.5. The Morgan fingerprint density at radius 2 is 1.71 bits per heavy atom. The highest BCUT2D eigenvalue weighted by Crippen LogP contribution is 2.36. The molecular weight excluding hydrogens is 408 g/mol. The summed E-state index contributed by atoms with van der Waals surface area (Å²) in [4.78, 5) is 9.94. The Morgan fingerprint density at radius 3 is 2.48 bits per heavy atom. The zero-order chi connectivity index (χ0) is 21.2. The normalized spacial score (nSPS) is 15.9. The molecule has 0 saturated carbocycles. The van der Waals surface area contributed by atoms with Crippen LogP contribution in [0.15, 0.2) is 71.7 Å². The van der Waals surface area contributed by atoms with Crippen LogP contribution in [0.5, 0.6) is 5.75 Å². The number of nitrogens with zero attached hydrogens (tertiary/aromatic N) is 3. The molecule has 1 N–H and O–H groups in total. The molecule has 1 saturated heterocycles. The summed E-state index contributed by atoms with van der Waals surface area (Å²) in [6.07, 6.45) is 0. The summed E-state index contributed by atoms with van der Waals surface area (Å²) in [5.74, 6) is 1.90. The molecule has 2 aliphatic heterocycles. The molecule has 6 heteroatoms. The summed E-state index contributed by atoms with van der Waals surface area (Å²) >= 11 is 6.26. The number of ether oxygens (including phenoxy) is 1. The number of fused-ring (bicyclic) bond motifs is 2. The molecule has 0 atom stereocenters. The van der Waals surface area contributed by atoms with Crippen molar-refractivity contribution in [3.8, 4) is 5.75 Å². The first-order chi connectivity index (χ1) is 15.2. The quantitative estimate of drug-likeness (QED) is 0.609. The Labute approximate surface area is 187 Å². The fourth-order valence-electron chi connectivity index (χ4n) is 4.16. The van der Waals surface area contributed by atoms with Gasteiger partial charge in [-0.15, -0.1) is 0 Å². The lowest BCUT2D eigenvalue weighted by Crippen LogP contribution is -2.48. The highest BCUT2D eigenvalue weighted by Gasteiger charge is 2.25. The molecule has 0 bridgehead atoms. The van der Waals surface area contributed by atoms with E-state index in [9.17, 15) is 0 Å². The molecule has 1 fully saturated rings. The summed E-state index contributed by atoms with van der Waals surface area (Å²) in [5, 5.41) is 4.22. The number of hydrogen-bond donors (Lipinski definition) is 1. The zero-order valence-electron chi connectivity index (χ0n) is 17.5. The Bertz CT molecular complexity index is 1100. The van der Waals surface area contributed by atoms with Gasteiger partial charge in [0.2, 0.25) is 0 Å². The molecule has 0 amide bonds. The lowest BCUT2D eigenvalue weighted by molar-refractivity contribution is 0.176. The lowest BCUT2D eigenvalue weighted by atomic mass is 10.1. The molecular formula is C25H25ClN4O. The van der Waals surface area contributed by atoms with Crippen molar-refractivity contribution in [2.24, 2.45) is 4.99 Å². The molecule has 0 radical (unpaired) electrons. The Kier molecular flexibility index (Phi) is 5.53. The Balaban J connectivity index is 1.36. The maximum Gasteiger partial charge on any atom is 0.138 e. The van der Waals surface area contributed by atoms with E-state index in [4.69, 9.17) is 21.3 Å². The van der Waals surface area contributed by atoms with Crippen molar-refractivity contribution in [3.63, 3.8) is 0 Å². The van der Waals surface area contributed by atoms with Crippen molar-refractivity contribution in [1.82, 2.24) is 9.80 Å². The van der Waals surface area contributed by atoms with E-state index in [2.05, 4.69) is 51.5 Å². The number of methoxy groups -OCH3 is 1. The first kappa shape index (κ1) is 19.9. The molecule has 3 aromatic rings. The van der Waals surface area contributed by atoms with Crippen molar-refractivity contribution in [3.05, 3.63) is 82.9 Å². The van der Waals surface area contributed by atoms with E-state index in [1.807, 2.05) is 30.3 Å². The minimum atomic E-state index is 0.693. The third-order valence-electron chi connectivity index (χ3n) is 5.86. The summed E-state index contributed by atoms with van der Waals surface area (Å²) in [5.41, 5.74) is 5.35. The van der Waals surface area contributed by atoms with Gasteiger partial charge in [0.15, 0.2) is 0 Å². The monoisotopic (exact) mass is 432 g/mol. The van der Waals surface area contributed by atoms with E-state index in [0.717, 1.165) is 66.9 Å². The number of halogens is 1. The number of para-hydroxylation sites is 1. The molecule has 5 nitrogen and oxygen atoms in total. The van der Waals surface area contributed by atoms with Crippen molar-refractivity contribution < 1.29 is 4.74 Å². The van der Waals surface area contributed by atoms with Gasteiger partial charge < -0.3 is 15.0 Å². The molecule has 2 aliphatic rings. The molecule has 0 unspecified atom stereocenters. The van der Waals surface area contributed by atoms with Crippen LogP contribution in [-0.2, 0) is 6.54 Å². The van der Waals surface area contributed by atoms with E-state index < -0.39 is 0 Å². The fourth-order valence-corrected chi connectivity index (χ4v) is 4.32. The van der Waals surface area contributed by atoms with Crippen molar-refractivity contribution in [2.75, 3.05) is 38.6 Å². The number of benzene rings is 3. The van der Waals surface area contributed by atoms with Gasteiger partial charge in [-0.2, -0.15) is 0 Å². The molecule has 3 aromatic carbocycles. The molecule has 0 aliphatic carbocycles. The highest BCUT2D eigenvalue weighted by atomic mass is 35.5. The highest BCUT2D eigenvalue weighted by molar-refractivity contribution is 6.31. The standard InChI is InChI=1S/C25H25ClN4O/c1-31-20-9-6-18(7-10-20)17-29-12-14-30(15-13-29)25-21-4-2-3-5-22(21)27-23-11-8-19(26)16-24(23)28-25/h2-11,16,27H,12-15,17H2,1H3. The van der Waals surface area contributed by atoms with E-state index in [1.165, 1.54) is 5.56 Å². The summed E-state index contributed by atoms with van der Waals surface area (Å²) in [7, 11) is 1.70. The molecule has 0 aromatic heterocycles. The van der Waals surface area contributed by atoms with E-state index in [0.29, 0.717) is 5.02 Å². The van der Waals surface area contributed by atoms with Gasteiger partial charge in [0, 0.05) is 49.0 Å². The number of anilines is 2. The van der Waals surface area contributed by atoms with Gasteiger partial charge in [-0.25, -0.2) is 4.99 Å². The van der Waals surface area contributed by atoms with Crippen LogP contribution in [0.3, 0.4) is 0 Å². The zero-order valence-corrected chi connectivity index (χ0v) is 18.3. The molecule has 2 heterocycles. The second-order valence-corrected chi connectivity index (χ2v) is 8.32. The maximum absolute atomic E-state index is 6.26.